The van der Waals surface area contributed by atoms with Crippen molar-refractivity contribution < 1.29 is 39.5 Å². The first-order chi connectivity index (χ1) is 30.2. The van der Waals surface area contributed by atoms with Crippen LogP contribution in [0.5, 0.6) is 0 Å². The summed E-state index contributed by atoms with van der Waals surface area (Å²) in [6.07, 6.45) is 4.06. The van der Waals surface area contributed by atoms with Crippen LogP contribution in [0.1, 0.15) is 22.3 Å². The number of rotatable bonds is 16. The fourth-order valence-corrected chi connectivity index (χ4v) is 10.5. The van der Waals surface area contributed by atoms with Gasteiger partial charge in [0.05, 0.1) is 23.8 Å². The van der Waals surface area contributed by atoms with Crippen LogP contribution in [-0.4, -0.2) is 114 Å². The van der Waals surface area contributed by atoms with E-state index in [0.717, 1.165) is 52.5 Å². The van der Waals surface area contributed by atoms with Gasteiger partial charge in [0.25, 0.3) is 25.8 Å². The zero-order chi connectivity index (χ0) is 44.6. The number of hydrogen-bond acceptors (Lipinski definition) is 12. The lowest BCUT2D eigenvalue weighted by molar-refractivity contribution is -0.0435. The molecule has 0 saturated carbocycles. The molecule has 63 heavy (non-hydrogen) atoms. The topological polar surface area (TPSA) is 141 Å². The minimum atomic E-state index is -6.06. The standard InChI is InChI=1S/C44H46ClF3N6O6S3/c45-35-10-6-32(7-11-35)40-29-49-18-16-34(40)30-53-20-22-54(23-21-53)37-12-8-33(9-13-37)43(55)51-63(58,59)39-14-15-41(42(28-39)62(56,57)44(46,47)48)50-36(17-19-52-24-26-60-27-25-52)31-61-38-4-2-1-3-5-38/h1-16,18,28-29,36,50H,17,19-27,30-31H2,(H,51,55). The van der Waals surface area contributed by atoms with Crippen LogP contribution in [0.3, 0.4) is 0 Å². The van der Waals surface area contributed by atoms with E-state index in [2.05, 4.69) is 25.0 Å². The quantitative estimate of drug-likeness (QED) is 0.0951. The summed E-state index contributed by atoms with van der Waals surface area (Å²) in [4.78, 5) is 23.0. The molecule has 5 aromatic rings. The van der Waals surface area contributed by atoms with E-state index in [0.29, 0.717) is 75.7 Å². The third-order valence-corrected chi connectivity index (χ3v) is 15.1. The lowest BCUT2D eigenvalue weighted by Crippen LogP contribution is -2.46. The van der Waals surface area contributed by atoms with E-state index in [-0.39, 0.29) is 5.56 Å². The van der Waals surface area contributed by atoms with Crippen LogP contribution >= 0.6 is 23.4 Å². The molecular formula is C44H46ClF3N6O6S3. The highest BCUT2D eigenvalue weighted by Gasteiger charge is 2.48. The summed E-state index contributed by atoms with van der Waals surface area (Å²) in [5.74, 6) is -0.673. The average Bonchev–Trinajstić information content (AvgIpc) is 3.28. The lowest BCUT2D eigenvalue weighted by Gasteiger charge is -2.36. The number of carbonyl (C=O) groups excluding carboxylic acids is 1. The number of halogens is 4. The van der Waals surface area contributed by atoms with Gasteiger partial charge in [0.2, 0.25) is 0 Å². The summed E-state index contributed by atoms with van der Waals surface area (Å²) < 4.78 is 103. The predicted octanol–water partition coefficient (Wildman–Crippen LogP) is 7.43. The van der Waals surface area contributed by atoms with Gasteiger partial charge in [-0.3, -0.25) is 19.6 Å². The van der Waals surface area contributed by atoms with Crippen LogP contribution < -0.4 is 14.9 Å². The molecule has 0 bridgehead atoms. The Morgan fingerprint density at radius 1 is 0.841 bits per heavy atom. The van der Waals surface area contributed by atoms with Crippen LogP contribution in [0.15, 0.2) is 130 Å². The Labute approximate surface area is 374 Å². The highest BCUT2D eigenvalue weighted by atomic mass is 35.5. The number of sulfone groups is 1. The molecule has 1 unspecified atom stereocenters. The van der Waals surface area contributed by atoms with Gasteiger partial charge in [0.1, 0.15) is 4.90 Å². The molecule has 2 aliphatic heterocycles. The normalized spacial score (nSPS) is 16.1. The van der Waals surface area contributed by atoms with Gasteiger partial charge in [-0.1, -0.05) is 41.9 Å². The Morgan fingerprint density at radius 3 is 2.22 bits per heavy atom. The maximum Gasteiger partial charge on any atom is 0.501 e. The fourth-order valence-electron chi connectivity index (χ4n) is 7.35. The molecule has 4 aromatic carbocycles. The number of benzene rings is 4. The minimum Gasteiger partial charge on any atom is -0.380 e. The number of piperazine rings is 1. The molecule has 19 heteroatoms. The molecule has 2 N–H and O–H groups in total. The zero-order valence-corrected chi connectivity index (χ0v) is 37.2. The number of pyridine rings is 1. The van der Waals surface area contributed by atoms with Gasteiger partial charge in [-0.25, -0.2) is 21.6 Å². The smallest absolute Gasteiger partial charge is 0.380 e. The van der Waals surface area contributed by atoms with E-state index in [1.165, 1.54) is 23.9 Å². The number of sulfonamides is 1. The molecule has 1 amide bonds. The van der Waals surface area contributed by atoms with Crippen molar-refractivity contribution in [1.29, 1.82) is 0 Å². The number of alkyl halides is 3. The molecule has 0 spiro atoms. The second-order valence-corrected chi connectivity index (χ2v) is 20.2. The molecule has 3 heterocycles. The summed E-state index contributed by atoms with van der Waals surface area (Å²) >= 11 is 7.54. The van der Waals surface area contributed by atoms with Crippen molar-refractivity contribution in [1.82, 2.24) is 19.5 Å². The Hall–Kier alpha value is -4.69. The fraction of sp³-hybridized carbons (Fsp3) is 0.318. The molecule has 0 aliphatic carbocycles. The molecule has 1 atom stereocenters. The number of aromatic nitrogens is 1. The van der Waals surface area contributed by atoms with E-state index in [1.54, 1.807) is 18.3 Å². The summed E-state index contributed by atoms with van der Waals surface area (Å²) in [5, 5.41) is 3.64. The number of hydrogen-bond donors (Lipinski definition) is 2. The molecule has 7 rings (SSSR count). The highest BCUT2D eigenvalue weighted by molar-refractivity contribution is 7.99. The van der Waals surface area contributed by atoms with Crippen LogP contribution in [0.2, 0.25) is 5.02 Å². The number of amides is 1. The van der Waals surface area contributed by atoms with E-state index >= 15 is 0 Å². The second-order valence-electron chi connectivity index (χ2n) is 15.1. The average molecular weight is 944 g/mol. The Bertz CT molecular complexity index is 2560. The number of anilines is 2. The van der Waals surface area contributed by atoms with Gasteiger partial charge in [-0.05, 0) is 90.3 Å². The van der Waals surface area contributed by atoms with Gasteiger partial charge in [0.15, 0.2) is 0 Å². The van der Waals surface area contributed by atoms with E-state index in [4.69, 9.17) is 16.3 Å². The van der Waals surface area contributed by atoms with Gasteiger partial charge in [-0.15, -0.1) is 11.8 Å². The Balaban J connectivity index is 1.02. The van der Waals surface area contributed by atoms with Crippen molar-refractivity contribution in [3.8, 4) is 11.1 Å². The molecule has 0 radical (unpaired) electrons. The molecule has 12 nitrogen and oxygen atoms in total. The number of nitrogens with one attached hydrogen (secondary N) is 2. The third kappa shape index (κ3) is 11.9. The van der Waals surface area contributed by atoms with Crippen molar-refractivity contribution >= 4 is 60.5 Å². The Morgan fingerprint density at radius 2 is 1.54 bits per heavy atom. The Kier molecular flexibility index (Phi) is 15.0. The molecule has 334 valence electrons. The first kappa shape index (κ1) is 46.3. The maximum atomic E-state index is 14.1. The third-order valence-electron chi connectivity index (χ3n) is 10.9. The van der Waals surface area contributed by atoms with Crippen LogP contribution in [0.25, 0.3) is 11.1 Å². The van der Waals surface area contributed by atoms with Crippen molar-refractivity contribution in [3.63, 3.8) is 0 Å². The van der Waals surface area contributed by atoms with Crippen molar-refractivity contribution in [2.24, 2.45) is 0 Å². The van der Waals surface area contributed by atoms with Crippen LogP contribution in [-0.2, 0) is 31.1 Å². The van der Waals surface area contributed by atoms with Crippen LogP contribution in [0.4, 0.5) is 24.5 Å². The molecule has 2 saturated heterocycles. The van der Waals surface area contributed by atoms with E-state index in [9.17, 15) is 34.8 Å². The summed E-state index contributed by atoms with van der Waals surface area (Å²) in [6, 6.07) is 27.2. The van der Waals surface area contributed by atoms with Crippen molar-refractivity contribution in [2.45, 2.75) is 39.2 Å². The maximum absolute atomic E-state index is 14.1. The lowest BCUT2D eigenvalue weighted by atomic mass is 10.0. The van der Waals surface area contributed by atoms with E-state index < -0.39 is 52.8 Å². The first-order valence-corrected chi connectivity index (χ1v) is 24.5. The SMILES string of the molecule is O=C(NS(=O)(=O)c1ccc(NC(CCN2CCOCC2)CSc2ccccc2)c(S(=O)(=O)C(F)(F)F)c1)c1ccc(N2CCN(Cc3ccncc3-c3ccc(Cl)cc3)CC2)cc1. The van der Waals surface area contributed by atoms with Gasteiger partial charge in [0, 0.05) is 103 Å². The molecule has 1 aromatic heterocycles. The summed E-state index contributed by atoms with van der Waals surface area (Å²) in [7, 11) is -10.9. The summed E-state index contributed by atoms with van der Waals surface area (Å²) in [5.41, 5.74) is -2.17. The van der Waals surface area contributed by atoms with Crippen molar-refractivity contribution in [2.75, 3.05) is 75.0 Å². The van der Waals surface area contributed by atoms with Crippen molar-refractivity contribution in [3.05, 3.63) is 132 Å². The van der Waals surface area contributed by atoms with Gasteiger partial charge >= 0.3 is 5.51 Å². The highest BCUT2D eigenvalue weighted by Crippen LogP contribution is 2.37. The van der Waals surface area contributed by atoms with Gasteiger partial charge in [-0.2, -0.15) is 13.2 Å². The molecular weight excluding hydrogens is 897 g/mol. The first-order valence-electron chi connectivity index (χ1n) is 20.2. The number of nitrogens with zero attached hydrogens (tertiary/aromatic N) is 4. The monoisotopic (exact) mass is 942 g/mol. The van der Waals surface area contributed by atoms with Crippen LogP contribution in [0, 0.1) is 0 Å². The largest absolute Gasteiger partial charge is 0.501 e. The summed E-state index contributed by atoms with van der Waals surface area (Å²) in [6.45, 7) is 6.61. The number of morpholine rings is 1. The molecule has 2 aliphatic rings. The van der Waals surface area contributed by atoms with E-state index in [1.807, 2.05) is 71.6 Å². The predicted molar refractivity (Wildman–Crippen MR) is 239 cm³/mol. The molecule has 2 fully saturated rings. The second kappa shape index (κ2) is 20.4. The van der Waals surface area contributed by atoms with Gasteiger partial charge < -0.3 is 15.0 Å². The number of thioether (sulfide) groups is 1. The minimum absolute atomic E-state index is 0.0196. The number of ether oxygens (including phenoxy) is 1. The zero-order valence-electron chi connectivity index (χ0n) is 34.0. The number of carbonyl (C=O) groups is 1.